The molecule has 1 saturated heterocycles. The fraction of sp³-hybridized carbons (Fsp3) is 0. The van der Waals surface area contributed by atoms with Gasteiger partial charge in [0.15, 0.2) is 0 Å². The highest BCUT2D eigenvalue weighted by atomic mass is 28.1. The minimum atomic E-state index is 0.985. The molecule has 7 heteroatoms. The van der Waals surface area contributed by atoms with E-state index in [1.807, 2.05) is 19.8 Å². The minimum absolute atomic E-state index is 0.985. The number of nitrogens with one attached hydrogen (secondary N) is 2. The van der Waals surface area contributed by atoms with Crippen molar-refractivity contribution in [3.05, 3.63) is 11.9 Å². The molecule has 43 valence electrons. The standard InChI is InChI=1S/C2H7B3N3Si/c1-2(9)8-4-6-3-7-5-8/h6-7H,1H2,9H3. The van der Waals surface area contributed by atoms with Crippen LogP contribution in [-0.2, 0) is 0 Å². The van der Waals surface area contributed by atoms with Crippen molar-refractivity contribution in [2.75, 3.05) is 0 Å². The fourth-order valence-corrected chi connectivity index (χ4v) is 0.799. The molecule has 3 radical (unpaired) electrons. The molecule has 0 spiro atoms. The van der Waals surface area contributed by atoms with Crippen molar-refractivity contribution in [2.24, 2.45) is 0 Å². The quantitative estimate of drug-likeness (QED) is 0.372. The molecule has 0 aromatic carbocycles. The summed E-state index contributed by atoms with van der Waals surface area (Å²) in [5.74, 6) is 0. The molecule has 0 aromatic heterocycles. The van der Waals surface area contributed by atoms with E-state index in [-0.39, 0.29) is 0 Å². The van der Waals surface area contributed by atoms with Crippen LogP contribution in [0.25, 0.3) is 0 Å². The average Bonchev–Trinajstić information content (AvgIpc) is 1.90. The van der Waals surface area contributed by atoms with E-state index in [4.69, 9.17) is 0 Å². The maximum atomic E-state index is 3.81. The molecule has 1 aliphatic rings. The smallest absolute Gasteiger partial charge is 0.323 e. The van der Waals surface area contributed by atoms with Crippen molar-refractivity contribution in [3.8, 4) is 0 Å². The van der Waals surface area contributed by atoms with E-state index in [2.05, 4.69) is 16.9 Å². The van der Waals surface area contributed by atoms with Crippen LogP contribution in [0, 0.1) is 0 Å². The maximum absolute atomic E-state index is 3.81. The molecule has 1 fully saturated rings. The van der Waals surface area contributed by atoms with Crippen molar-refractivity contribution in [2.45, 2.75) is 0 Å². The van der Waals surface area contributed by atoms with E-state index in [1.165, 1.54) is 0 Å². The number of rotatable bonds is 1. The summed E-state index contributed by atoms with van der Waals surface area (Å²) in [4.78, 5) is 0. The summed E-state index contributed by atoms with van der Waals surface area (Å²) < 4.78 is 1.92. The first kappa shape index (κ1) is 6.98. The van der Waals surface area contributed by atoms with E-state index >= 15 is 0 Å². The van der Waals surface area contributed by atoms with Crippen molar-refractivity contribution >= 4 is 32.9 Å². The lowest BCUT2D eigenvalue weighted by Gasteiger charge is -2.27. The Kier molecular flexibility index (Phi) is 2.44. The van der Waals surface area contributed by atoms with Gasteiger partial charge in [-0.25, -0.2) is 0 Å². The fourth-order valence-electron chi connectivity index (χ4n) is 0.541. The highest BCUT2D eigenvalue weighted by molar-refractivity contribution is 6.66. The first-order chi connectivity index (χ1) is 4.30. The largest absolute Gasteiger partial charge is 0.450 e. The lowest BCUT2D eigenvalue weighted by Crippen LogP contribution is -2.57. The Morgan fingerprint density at radius 1 is 1.44 bits per heavy atom. The molecule has 0 bridgehead atoms. The summed E-state index contributed by atoms with van der Waals surface area (Å²) in [6.07, 6.45) is 0. The second-order valence-electron chi connectivity index (χ2n) is 1.88. The van der Waals surface area contributed by atoms with E-state index < -0.39 is 0 Å². The zero-order chi connectivity index (χ0) is 6.69. The molecule has 0 aromatic rings. The predicted molar refractivity (Wildman–Crippen MR) is 44.5 cm³/mol. The molecule has 0 unspecified atom stereocenters. The van der Waals surface area contributed by atoms with Gasteiger partial charge in [0, 0.05) is 0 Å². The van der Waals surface area contributed by atoms with Crippen LogP contribution in [0.2, 0.25) is 0 Å². The van der Waals surface area contributed by atoms with Gasteiger partial charge in [-0.15, -0.1) is 0 Å². The molecule has 1 aliphatic heterocycles. The predicted octanol–water partition coefficient (Wildman–Crippen LogP) is -3.08. The second kappa shape index (κ2) is 3.14. The summed E-state index contributed by atoms with van der Waals surface area (Å²) in [5, 5.41) is 6.94. The van der Waals surface area contributed by atoms with Crippen LogP contribution in [0.1, 0.15) is 0 Å². The van der Waals surface area contributed by atoms with Crippen LogP contribution in [0.4, 0.5) is 0 Å². The van der Waals surface area contributed by atoms with Gasteiger partial charge in [-0.05, 0) is 5.32 Å². The minimum Gasteiger partial charge on any atom is -0.450 e. The molecule has 1 rings (SSSR count). The SMILES string of the molecule is C=C([SiH3])N1[B]N[B]N[B]1. The van der Waals surface area contributed by atoms with Gasteiger partial charge in [0.25, 0.3) is 7.55 Å². The van der Waals surface area contributed by atoms with Crippen LogP contribution in [-0.4, -0.2) is 37.6 Å². The topological polar surface area (TPSA) is 27.3 Å². The highest BCUT2D eigenvalue weighted by Crippen LogP contribution is 1.89. The highest BCUT2D eigenvalue weighted by Gasteiger charge is 2.12. The summed E-state index contributed by atoms with van der Waals surface area (Å²) >= 11 is 0. The Bertz CT molecular complexity index is 114. The van der Waals surface area contributed by atoms with Crippen LogP contribution in [0.5, 0.6) is 0 Å². The monoisotopic (exact) mass is 134 g/mol. The Balaban J connectivity index is 2.31. The van der Waals surface area contributed by atoms with Crippen LogP contribution >= 0.6 is 0 Å². The summed E-state index contributed by atoms with van der Waals surface area (Å²) in [7, 11) is 6.44. The summed E-state index contributed by atoms with van der Waals surface area (Å²) in [5.41, 5.74) is 0. The van der Waals surface area contributed by atoms with Crippen LogP contribution < -0.4 is 10.3 Å². The number of hydrogen-bond acceptors (Lipinski definition) is 3. The molecule has 9 heavy (non-hydrogen) atoms. The van der Waals surface area contributed by atoms with Crippen molar-refractivity contribution < 1.29 is 0 Å². The van der Waals surface area contributed by atoms with Crippen molar-refractivity contribution in [1.82, 2.24) is 15.0 Å². The van der Waals surface area contributed by atoms with E-state index in [9.17, 15) is 0 Å². The molecule has 3 nitrogen and oxygen atoms in total. The van der Waals surface area contributed by atoms with E-state index in [0.29, 0.717) is 0 Å². The third-order valence-electron chi connectivity index (χ3n) is 1.03. The lowest BCUT2D eigenvalue weighted by atomic mass is 9.81. The molecule has 0 saturated carbocycles. The van der Waals surface area contributed by atoms with Crippen LogP contribution in [0.15, 0.2) is 11.9 Å². The van der Waals surface area contributed by atoms with E-state index in [0.717, 1.165) is 15.6 Å². The first-order valence-corrected chi connectivity index (χ1v) is 3.75. The molecular formula is C2H7B3N3Si. The molecule has 0 atom stereocenters. The Labute approximate surface area is 60.5 Å². The Morgan fingerprint density at radius 3 is 2.33 bits per heavy atom. The zero-order valence-corrected chi connectivity index (χ0v) is 7.39. The lowest BCUT2D eigenvalue weighted by molar-refractivity contribution is 0.867. The molecule has 0 amide bonds. The molecule has 2 N–H and O–H groups in total. The van der Waals surface area contributed by atoms with Crippen LogP contribution in [0.3, 0.4) is 0 Å². The van der Waals surface area contributed by atoms with Gasteiger partial charge in [-0.3, -0.25) is 0 Å². The number of nitrogens with zero attached hydrogens (tertiary/aromatic N) is 1. The van der Waals surface area contributed by atoms with Gasteiger partial charge >= 0.3 is 15.1 Å². The summed E-state index contributed by atoms with van der Waals surface area (Å²) in [6.45, 7) is 3.81. The Hall–Kier alpha value is -0.128. The van der Waals surface area contributed by atoms with Gasteiger partial charge in [-0.1, -0.05) is 6.58 Å². The first-order valence-electron chi connectivity index (χ1n) is 2.75. The van der Waals surface area contributed by atoms with Gasteiger partial charge in [0.2, 0.25) is 0 Å². The Morgan fingerprint density at radius 2 is 2.00 bits per heavy atom. The van der Waals surface area contributed by atoms with Crippen molar-refractivity contribution in [3.63, 3.8) is 0 Å². The normalized spacial score (nSPS) is 17.6. The summed E-state index contributed by atoms with van der Waals surface area (Å²) in [6, 6.07) is 0. The van der Waals surface area contributed by atoms with E-state index in [1.54, 1.807) is 7.55 Å². The average molecular weight is 134 g/mol. The number of hydrogen-bond donors (Lipinski definition) is 2. The third-order valence-corrected chi connectivity index (χ3v) is 1.55. The molecule has 1 heterocycles. The molecule has 0 aliphatic carbocycles. The van der Waals surface area contributed by atoms with Gasteiger partial charge < -0.3 is 15.0 Å². The second-order valence-corrected chi connectivity index (χ2v) is 3.03. The van der Waals surface area contributed by atoms with Gasteiger partial charge in [-0.2, -0.15) is 0 Å². The van der Waals surface area contributed by atoms with Gasteiger partial charge in [0.1, 0.15) is 0 Å². The molecular weight excluding hydrogens is 127 g/mol. The third kappa shape index (κ3) is 1.93. The maximum Gasteiger partial charge on any atom is 0.323 e. The van der Waals surface area contributed by atoms with Gasteiger partial charge in [0.05, 0.1) is 10.2 Å². The zero-order valence-electron chi connectivity index (χ0n) is 5.39. The van der Waals surface area contributed by atoms with Crippen molar-refractivity contribution in [1.29, 1.82) is 0 Å².